The van der Waals surface area contributed by atoms with Crippen LogP contribution in [0.1, 0.15) is 34.3 Å². The molecule has 0 aromatic heterocycles. The highest BCUT2D eigenvalue weighted by atomic mass is 32.2. The summed E-state index contributed by atoms with van der Waals surface area (Å²) in [5.74, 6) is 0.600. The first-order valence-electron chi connectivity index (χ1n) is 11.3. The predicted octanol–water partition coefficient (Wildman–Crippen LogP) is 3.63. The highest BCUT2D eigenvalue weighted by Crippen LogP contribution is 2.50. The van der Waals surface area contributed by atoms with Crippen molar-refractivity contribution in [3.05, 3.63) is 41.0 Å². The van der Waals surface area contributed by atoms with Crippen LogP contribution in [0.5, 0.6) is 28.7 Å². The molecule has 3 aliphatic heterocycles. The summed E-state index contributed by atoms with van der Waals surface area (Å²) in [5, 5.41) is 0. The molecule has 0 bridgehead atoms. The van der Waals surface area contributed by atoms with Gasteiger partial charge in [0.1, 0.15) is 36.1 Å². The molecule has 3 heterocycles. The number of carbonyl (C=O) groups is 1. The molecule has 37 heavy (non-hydrogen) atoms. The van der Waals surface area contributed by atoms with Crippen molar-refractivity contribution in [2.45, 2.75) is 37.0 Å². The molecule has 0 amide bonds. The SMILES string of the molecule is COc1cc2c(cc1OC)[C@@H]1C(=O)c3ccc4c(c3O[C@@H]1CO2)C[C@H](C(C)COS(=O)(=O)C(F)(F)F)O4. The van der Waals surface area contributed by atoms with E-state index in [1.54, 1.807) is 24.3 Å². The number of alkyl halides is 3. The Bertz CT molecular complexity index is 1360. The van der Waals surface area contributed by atoms with E-state index in [9.17, 15) is 26.4 Å². The minimum atomic E-state index is -5.71. The maximum atomic E-state index is 13.6. The Balaban J connectivity index is 1.39. The predicted molar refractivity (Wildman–Crippen MR) is 121 cm³/mol. The zero-order valence-electron chi connectivity index (χ0n) is 20.0. The van der Waals surface area contributed by atoms with E-state index in [4.69, 9.17) is 23.7 Å². The van der Waals surface area contributed by atoms with E-state index in [0.717, 1.165) is 0 Å². The van der Waals surface area contributed by atoms with Gasteiger partial charge in [-0.1, -0.05) is 6.92 Å². The number of ether oxygens (including phenoxy) is 5. The van der Waals surface area contributed by atoms with Crippen LogP contribution in [-0.2, 0) is 20.7 Å². The van der Waals surface area contributed by atoms with E-state index in [1.807, 2.05) is 0 Å². The molecule has 0 aliphatic carbocycles. The van der Waals surface area contributed by atoms with E-state index in [1.165, 1.54) is 21.1 Å². The molecule has 0 saturated heterocycles. The van der Waals surface area contributed by atoms with Gasteiger partial charge in [-0.15, -0.1) is 0 Å². The number of hydrogen-bond donors (Lipinski definition) is 0. The van der Waals surface area contributed by atoms with Crippen LogP contribution in [0.4, 0.5) is 13.2 Å². The Morgan fingerprint density at radius 2 is 1.78 bits per heavy atom. The first-order chi connectivity index (χ1) is 17.4. The summed E-state index contributed by atoms with van der Waals surface area (Å²) < 4.78 is 93.1. The van der Waals surface area contributed by atoms with E-state index in [2.05, 4.69) is 4.18 Å². The van der Waals surface area contributed by atoms with Crippen molar-refractivity contribution in [3.8, 4) is 28.7 Å². The minimum absolute atomic E-state index is 0.103. The van der Waals surface area contributed by atoms with E-state index >= 15 is 0 Å². The second kappa shape index (κ2) is 8.98. The second-order valence-corrected chi connectivity index (χ2v) is 10.6. The molecule has 1 unspecified atom stereocenters. The highest BCUT2D eigenvalue weighted by molar-refractivity contribution is 7.87. The molecule has 13 heteroatoms. The van der Waals surface area contributed by atoms with Crippen LogP contribution in [0.3, 0.4) is 0 Å². The van der Waals surface area contributed by atoms with Crippen LogP contribution < -0.4 is 23.7 Å². The molecule has 0 spiro atoms. The molecule has 4 atom stereocenters. The van der Waals surface area contributed by atoms with Crippen LogP contribution in [0.25, 0.3) is 0 Å². The topological polar surface area (TPSA) is 107 Å². The van der Waals surface area contributed by atoms with Crippen molar-refractivity contribution < 1.29 is 54.3 Å². The van der Waals surface area contributed by atoms with Crippen molar-refractivity contribution >= 4 is 15.9 Å². The Morgan fingerprint density at radius 1 is 1.08 bits per heavy atom. The lowest BCUT2D eigenvalue weighted by molar-refractivity contribution is -0.0557. The minimum Gasteiger partial charge on any atom is -0.493 e. The van der Waals surface area contributed by atoms with Gasteiger partial charge in [0.15, 0.2) is 17.3 Å². The average molecular weight is 545 g/mol. The summed E-state index contributed by atoms with van der Waals surface area (Å²) in [5.41, 5.74) is -3.98. The Hall–Kier alpha value is -3.19. The van der Waals surface area contributed by atoms with Crippen molar-refractivity contribution in [2.24, 2.45) is 5.92 Å². The zero-order valence-corrected chi connectivity index (χ0v) is 20.8. The number of fused-ring (bicyclic) bond motifs is 6. The third kappa shape index (κ3) is 4.23. The first kappa shape index (κ1) is 25.5. The number of halogens is 3. The molecule has 5 rings (SSSR count). The van der Waals surface area contributed by atoms with Crippen molar-refractivity contribution in [2.75, 3.05) is 27.4 Å². The molecule has 3 aliphatic rings. The lowest BCUT2D eigenvalue weighted by Crippen LogP contribution is -2.43. The number of carbonyl (C=O) groups excluding carboxylic acids is 1. The Kier molecular flexibility index (Phi) is 6.18. The van der Waals surface area contributed by atoms with Gasteiger partial charge in [0.05, 0.1) is 32.3 Å². The number of Topliss-reactive ketones (excluding diaryl/α,β-unsaturated/α-hetero) is 1. The average Bonchev–Trinajstić information content (AvgIpc) is 3.30. The molecular formula is C24H23F3O9S. The molecule has 0 N–H and O–H groups in total. The van der Waals surface area contributed by atoms with Crippen LogP contribution in [0.15, 0.2) is 24.3 Å². The number of ketones is 1. The van der Waals surface area contributed by atoms with Gasteiger partial charge in [0.2, 0.25) is 0 Å². The molecular weight excluding hydrogens is 521 g/mol. The van der Waals surface area contributed by atoms with Gasteiger partial charge >= 0.3 is 15.6 Å². The monoisotopic (exact) mass is 544 g/mol. The summed E-state index contributed by atoms with van der Waals surface area (Å²) in [7, 11) is -2.72. The van der Waals surface area contributed by atoms with Crippen LogP contribution >= 0.6 is 0 Å². The summed E-state index contributed by atoms with van der Waals surface area (Å²) >= 11 is 0. The van der Waals surface area contributed by atoms with Gasteiger partial charge in [-0.25, -0.2) is 0 Å². The molecule has 200 valence electrons. The number of benzene rings is 2. The zero-order chi connectivity index (χ0) is 26.7. The second-order valence-electron chi connectivity index (χ2n) is 9.00. The normalized spacial score (nSPS) is 22.9. The molecule has 0 saturated carbocycles. The number of methoxy groups -OCH3 is 2. The first-order valence-corrected chi connectivity index (χ1v) is 12.7. The van der Waals surface area contributed by atoms with Crippen LogP contribution in [0, 0.1) is 5.92 Å². The van der Waals surface area contributed by atoms with Gasteiger partial charge in [-0.2, -0.15) is 21.6 Å². The fourth-order valence-corrected chi connectivity index (χ4v) is 5.31. The van der Waals surface area contributed by atoms with Crippen LogP contribution in [0.2, 0.25) is 0 Å². The van der Waals surface area contributed by atoms with Crippen molar-refractivity contribution in [3.63, 3.8) is 0 Å². The summed E-state index contributed by atoms with van der Waals surface area (Å²) in [6, 6.07) is 6.54. The van der Waals surface area contributed by atoms with Crippen molar-refractivity contribution in [1.29, 1.82) is 0 Å². The molecule has 2 aromatic rings. The molecule has 9 nitrogen and oxygen atoms in total. The van der Waals surface area contributed by atoms with Gasteiger partial charge in [-0.3, -0.25) is 8.98 Å². The van der Waals surface area contributed by atoms with E-state index in [-0.39, 0.29) is 18.8 Å². The lowest BCUT2D eigenvalue weighted by Gasteiger charge is -2.37. The van der Waals surface area contributed by atoms with Gasteiger partial charge in [-0.05, 0) is 18.2 Å². The highest BCUT2D eigenvalue weighted by Gasteiger charge is 2.48. The third-order valence-corrected chi connectivity index (χ3v) is 7.76. The van der Waals surface area contributed by atoms with Crippen LogP contribution in [-0.4, -0.2) is 59.4 Å². The molecule has 0 fully saturated rings. The van der Waals surface area contributed by atoms with Gasteiger partial charge < -0.3 is 23.7 Å². The Labute approximate surface area is 210 Å². The Morgan fingerprint density at radius 3 is 2.46 bits per heavy atom. The quantitative estimate of drug-likeness (QED) is 0.398. The molecule has 2 aromatic carbocycles. The lowest BCUT2D eigenvalue weighted by atomic mass is 9.81. The number of hydrogen-bond acceptors (Lipinski definition) is 9. The summed E-state index contributed by atoms with van der Waals surface area (Å²) in [6.45, 7) is 0.902. The number of rotatable bonds is 6. The largest absolute Gasteiger partial charge is 0.523 e. The standard InChI is InChI=1S/C24H23F3O9S/c1-11(9-34-37(29,30)24(25,26)27)16-7-14-15(35-16)5-4-12-22(28)21-13-6-18(31-2)19(32-3)8-17(13)33-10-20(21)36-23(12)14/h4-6,8,11,16,20-21H,7,9-10H2,1-3H3/t11?,16-,20-,21+/m1/s1. The fraction of sp³-hybridized carbons (Fsp3) is 0.458. The van der Waals surface area contributed by atoms with E-state index in [0.29, 0.717) is 45.4 Å². The van der Waals surface area contributed by atoms with Gasteiger partial charge in [0.25, 0.3) is 0 Å². The maximum absolute atomic E-state index is 13.6. The summed E-state index contributed by atoms with van der Waals surface area (Å²) in [6.07, 6.45) is -1.11. The smallest absolute Gasteiger partial charge is 0.493 e. The van der Waals surface area contributed by atoms with E-state index < -0.39 is 46.3 Å². The maximum Gasteiger partial charge on any atom is 0.523 e. The molecule has 0 radical (unpaired) electrons. The van der Waals surface area contributed by atoms with Crippen molar-refractivity contribution in [1.82, 2.24) is 0 Å². The van der Waals surface area contributed by atoms with Gasteiger partial charge in [0, 0.05) is 29.5 Å². The third-order valence-electron chi connectivity index (χ3n) is 6.75. The summed E-state index contributed by atoms with van der Waals surface area (Å²) in [4.78, 5) is 13.6. The fourth-order valence-electron chi connectivity index (χ4n) is 4.78.